The predicted molar refractivity (Wildman–Crippen MR) is 224 cm³/mol. The molecule has 0 saturated heterocycles. The molecular formula is C51H38N2. The fourth-order valence-electron chi connectivity index (χ4n) is 8.72. The molecule has 1 aliphatic rings. The quantitative estimate of drug-likeness (QED) is 0.170. The molecule has 9 aromatic rings. The van der Waals surface area contributed by atoms with Crippen molar-refractivity contribution in [2.45, 2.75) is 19.3 Å². The van der Waals surface area contributed by atoms with Crippen molar-refractivity contribution in [2.75, 3.05) is 4.90 Å². The molecule has 0 spiro atoms. The Kier molecular flexibility index (Phi) is 7.19. The van der Waals surface area contributed by atoms with Crippen LogP contribution in [-0.2, 0) is 5.41 Å². The lowest BCUT2D eigenvalue weighted by Crippen LogP contribution is -2.17. The molecule has 0 N–H and O–H groups in total. The van der Waals surface area contributed by atoms with Crippen LogP contribution in [0.2, 0.25) is 0 Å². The third-order valence-electron chi connectivity index (χ3n) is 11.1. The van der Waals surface area contributed by atoms with Crippen LogP contribution in [0.1, 0.15) is 25.0 Å². The summed E-state index contributed by atoms with van der Waals surface area (Å²) in [7, 11) is 0. The topological polar surface area (TPSA) is 8.17 Å². The summed E-state index contributed by atoms with van der Waals surface area (Å²) in [5.41, 5.74) is 17.0. The summed E-state index contributed by atoms with van der Waals surface area (Å²) in [5, 5.41) is 2.49. The van der Waals surface area contributed by atoms with Gasteiger partial charge in [-0.15, -0.1) is 0 Å². The van der Waals surface area contributed by atoms with Crippen molar-refractivity contribution in [2.24, 2.45) is 0 Å². The highest BCUT2D eigenvalue weighted by Gasteiger charge is 2.38. The molecule has 0 bridgehead atoms. The van der Waals surface area contributed by atoms with Crippen molar-refractivity contribution in [3.05, 3.63) is 205 Å². The summed E-state index contributed by atoms with van der Waals surface area (Å²) in [6.45, 7) is 4.75. The van der Waals surface area contributed by atoms with Gasteiger partial charge in [0.05, 0.1) is 11.0 Å². The van der Waals surface area contributed by atoms with Gasteiger partial charge in [0.25, 0.3) is 0 Å². The molecule has 1 aromatic heterocycles. The zero-order valence-electron chi connectivity index (χ0n) is 29.9. The van der Waals surface area contributed by atoms with Crippen LogP contribution in [-0.4, -0.2) is 4.57 Å². The van der Waals surface area contributed by atoms with E-state index in [1.807, 2.05) is 0 Å². The van der Waals surface area contributed by atoms with E-state index >= 15 is 0 Å². The molecule has 0 unspecified atom stereocenters. The van der Waals surface area contributed by atoms with Crippen LogP contribution in [0.4, 0.5) is 17.1 Å². The van der Waals surface area contributed by atoms with Crippen LogP contribution >= 0.6 is 0 Å². The molecule has 8 aromatic carbocycles. The molecule has 252 valence electrons. The molecule has 53 heavy (non-hydrogen) atoms. The Hall–Kier alpha value is -6.64. The second-order valence-electron chi connectivity index (χ2n) is 14.6. The highest BCUT2D eigenvalue weighted by molar-refractivity contribution is 6.10. The number of aromatic nitrogens is 1. The second-order valence-corrected chi connectivity index (χ2v) is 14.6. The highest BCUT2D eigenvalue weighted by Crippen LogP contribution is 2.54. The first-order chi connectivity index (χ1) is 26.1. The number of benzene rings is 8. The van der Waals surface area contributed by atoms with Crippen LogP contribution in [0.25, 0.3) is 60.9 Å². The molecule has 0 atom stereocenters. The van der Waals surface area contributed by atoms with E-state index in [9.17, 15) is 0 Å². The van der Waals surface area contributed by atoms with E-state index in [4.69, 9.17) is 0 Å². The number of hydrogen-bond donors (Lipinski definition) is 0. The molecule has 0 radical (unpaired) electrons. The molecule has 0 aliphatic heterocycles. The van der Waals surface area contributed by atoms with Crippen molar-refractivity contribution in [1.29, 1.82) is 0 Å². The van der Waals surface area contributed by atoms with Crippen molar-refractivity contribution in [1.82, 2.24) is 4.57 Å². The predicted octanol–water partition coefficient (Wildman–Crippen LogP) is 13.9. The third-order valence-corrected chi connectivity index (χ3v) is 11.1. The first-order valence-corrected chi connectivity index (χ1v) is 18.4. The van der Waals surface area contributed by atoms with E-state index in [-0.39, 0.29) is 5.41 Å². The minimum absolute atomic E-state index is 0.146. The molecule has 0 saturated carbocycles. The SMILES string of the molecule is CC1(C)c2ccccc2-c2cc(N(c3ccc(-c4ccccc4)cc3)c3ccc4c5ccccc5n(-c5ccccc5)c4c3)cc(-c3ccccc3)c21. The summed E-state index contributed by atoms with van der Waals surface area (Å²) in [4.78, 5) is 2.45. The van der Waals surface area contributed by atoms with Gasteiger partial charge in [0, 0.05) is 38.9 Å². The minimum atomic E-state index is -0.146. The Morgan fingerprint density at radius 3 is 1.72 bits per heavy atom. The number of hydrogen-bond acceptors (Lipinski definition) is 1. The van der Waals surface area contributed by atoms with Crippen molar-refractivity contribution in [3.8, 4) is 39.1 Å². The Balaban J connectivity index is 1.25. The Morgan fingerprint density at radius 2 is 0.962 bits per heavy atom. The van der Waals surface area contributed by atoms with Crippen molar-refractivity contribution in [3.63, 3.8) is 0 Å². The van der Waals surface area contributed by atoms with E-state index in [1.165, 1.54) is 66.3 Å². The van der Waals surface area contributed by atoms with Gasteiger partial charge in [-0.3, -0.25) is 0 Å². The first-order valence-electron chi connectivity index (χ1n) is 18.4. The zero-order chi connectivity index (χ0) is 35.5. The van der Waals surface area contributed by atoms with Crippen LogP contribution < -0.4 is 4.90 Å². The second kappa shape index (κ2) is 12.3. The molecule has 1 aliphatic carbocycles. The number of anilines is 3. The summed E-state index contributed by atoms with van der Waals surface area (Å²) >= 11 is 0. The lowest BCUT2D eigenvalue weighted by molar-refractivity contribution is 0.662. The summed E-state index contributed by atoms with van der Waals surface area (Å²) < 4.78 is 2.40. The first kappa shape index (κ1) is 31.1. The van der Waals surface area contributed by atoms with Gasteiger partial charge in [-0.25, -0.2) is 0 Å². The van der Waals surface area contributed by atoms with Crippen LogP contribution in [0.15, 0.2) is 194 Å². The lowest BCUT2D eigenvalue weighted by Gasteiger charge is -2.29. The lowest BCUT2D eigenvalue weighted by atomic mass is 9.78. The maximum Gasteiger partial charge on any atom is 0.0561 e. The Labute approximate surface area is 310 Å². The number of para-hydroxylation sites is 2. The van der Waals surface area contributed by atoms with E-state index in [1.54, 1.807) is 0 Å². The van der Waals surface area contributed by atoms with Crippen molar-refractivity contribution >= 4 is 38.9 Å². The van der Waals surface area contributed by atoms with Gasteiger partial charge in [0.1, 0.15) is 0 Å². The van der Waals surface area contributed by atoms with Gasteiger partial charge in [0.2, 0.25) is 0 Å². The Morgan fingerprint density at radius 1 is 0.396 bits per heavy atom. The van der Waals surface area contributed by atoms with E-state index < -0.39 is 0 Å². The van der Waals surface area contributed by atoms with Crippen LogP contribution in [0.3, 0.4) is 0 Å². The summed E-state index contributed by atoms with van der Waals surface area (Å²) in [6.07, 6.45) is 0. The number of fused-ring (bicyclic) bond motifs is 6. The van der Waals surface area contributed by atoms with Gasteiger partial charge < -0.3 is 9.47 Å². The van der Waals surface area contributed by atoms with E-state index in [2.05, 4.69) is 217 Å². The molecule has 0 amide bonds. The maximum atomic E-state index is 2.45. The highest BCUT2D eigenvalue weighted by atomic mass is 15.1. The van der Waals surface area contributed by atoms with Gasteiger partial charge in [0.15, 0.2) is 0 Å². The maximum absolute atomic E-state index is 2.45. The van der Waals surface area contributed by atoms with E-state index in [0.29, 0.717) is 0 Å². The standard InChI is InChI=1S/C51H38N2/c1-51(2)47-24-14-12-22-42(47)46-33-41(32-45(50(46)51)37-18-8-4-9-19-37)52(39-28-26-36(27-29-39)35-16-6-3-7-17-35)40-30-31-44-43-23-13-15-25-48(43)53(49(44)34-40)38-20-10-5-11-21-38/h3-34H,1-2H3. The fourth-order valence-corrected chi connectivity index (χ4v) is 8.72. The average molecular weight is 679 g/mol. The smallest absolute Gasteiger partial charge is 0.0561 e. The average Bonchev–Trinajstić information content (AvgIpc) is 3.67. The van der Waals surface area contributed by atoms with Gasteiger partial charge in [-0.1, -0.05) is 153 Å². The molecule has 2 heteroatoms. The molecule has 0 fully saturated rings. The molecule has 10 rings (SSSR count). The largest absolute Gasteiger partial charge is 0.310 e. The van der Waals surface area contributed by atoms with Crippen LogP contribution in [0, 0.1) is 0 Å². The molecule has 2 nitrogen and oxygen atoms in total. The number of nitrogens with zero attached hydrogens (tertiary/aromatic N) is 2. The third kappa shape index (κ3) is 5.02. The van der Waals surface area contributed by atoms with Gasteiger partial charge in [-0.05, 0) is 99.1 Å². The van der Waals surface area contributed by atoms with Gasteiger partial charge >= 0.3 is 0 Å². The van der Waals surface area contributed by atoms with Gasteiger partial charge in [-0.2, -0.15) is 0 Å². The van der Waals surface area contributed by atoms with E-state index in [0.717, 1.165) is 22.7 Å². The number of rotatable bonds is 6. The minimum Gasteiger partial charge on any atom is -0.310 e. The fraction of sp³-hybridized carbons (Fsp3) is 0.0588. The molecule has 1 heterocycles. The van der Waals surface area contributed by atoms with Crippen molar-refractivity contribution < 1.29 is 0 Å². The van der Waals surface area contributed by atoms with Crippen LogP contribution in [0.5, 0.6) is 0 Å². The summed E-state index contributed by atoms with van der Waals surface area (Å²) in [5.74, 6) is 0. The zero-order valence-corrected chi connectivity index (χ0v) is 29.9. The summed E-state index contributed by atoms with van der Waals surface area (Å²) in [6, 6.07) is 70.8. The Bertz CT molecular complexity index is 2780. The monoisotopic (exact) mass is 678 g/mol. The molecular weight excluding hydrogens is 641 g/mol. The normalized spacial score (nSPS) is 12.9.